The molecule has 0 aliphatic carbocycles. The first-order valence-electron chi connectivity index (χ1n) is 4.62. The SMILES string of the molecule is Cc1cccc(-c2ocnc2CN)c1I. The first-order chi connectivity index (χ1) is 7.24. The Bertz CT molecular complexity index is 479. The Labute approximate surface area is 102 Å². The zero-order valence-electron chi connectivity index (χ0n) is 8.33. The molecular formula is C11H11IN2O. The molecule has 2 rings (SSSR count). The van der Waals surface area contributed by atoms with Crippen LogP contribution in [0.5, 0.6) is 0 Å². The van der Waals surface area contributed by atoms with Crippen LogP contribution in [0.25, 0.3) is 11.3 Å². The topological polar surface area (TPSA) is 52.0 Å². The molecule has 0 amide bonds. The fourth-order valence-electron chi connectivity index (χ4n) is 1.46. The smallest absolute Gasteiger partial charge is 0.181 e. The highest BCUT2D eigenvalue weighted by atomic mass is 127. The molecule has 78 valence electrons. The number of halogens is 1. The van der Waals surface area contributed by atoms with Crippen LogP contribution in [0.1, 0.15) is 11.3 Å². The van der Waals surface area contributed by atoms with E-state index in [-0.39, 0.29) is 0 Å². The highest BCUT2D eigenvalue weighted by Gasteiger charge is 2.12. The summed E-state index contributed by atoms with van der Waals surface area (Å²) >= 11 is 2.31. The Balaban J connectivity index is 2.59. The number of nitrogens with zero attached hydrogens (tertiary/aromatic N) is 1. The van der Waals surface area contributed by atoms with E-state index in [4.69, 9.17) is 10.2 Å². The minimum atomic E-state index is 0.399. The van der Waals surface area contributed by atoms with Crippen LogP contribution < -0.4 is 5.73 Å². The Morgan fingerprint density at radius 2 is 2.27 bits per heavy atom. The summed E-state index contributed by atoms with van der Waals surface area (Å²) in [6.45, 7) is 2.47. The van der Waals surface area contributed by atoms with Crippen molar-refractivity contribution in [3.63, 3.8) is 0 Å². The van der Waals surface area contributed by atoms with Gasteiger partial charge in [0, 0.05) is 15.7 Å². The summed E-state index contributed by atoms with van der Waals surface area (Å²) in [5.74, 6) is 0.783. The number of nitrogens with two attached hydrogens (primary N) is 1. The Kier molecular flexibility index (Phi) is 3.06. The summed E-state index contributed by atoms with van der Waals surface area (Å²) < 4.78 is 6.56. The molecule has 2 aromatic rings. The van der Waals surface area contributed by atoms with Gasteiger partial charge in [-0.1, -0.05) is 18.2 Å². The van der Waals surface area contributed by atoms with Crippen LogP contribution in [0.4, 0.5) is 0 Å². The van der Waals surface area contributed by atoms with Gasteiger partial charge in [0.25, 0.3) is 0 Å². The molecule has 1 heterocycles. The first kappa shape index (κ1) is 10.6. The molecule has 0 radical (unpaired) electrons. The number of oxazole rings is 1. The van der Waals surface area contributed by atoms with Crippen molar-refractivity contribution in [1.29, 1.82) is 0 Å². The highest BCUT2D eigenvalue weighted by Crippen LogP contribution is 2.29. The molecule has 0 saturated carbocycles. The Morgan fingerprint density at radius 1 is 1.47 bits per heavy atom. The van der Waals surface area contributed by atoms with E-state index >= 15 is 0 Å². The average Bonchev–Trinajstić information content (AvgIpc) is 2.70. The largest absolute Gasteiger partial charge is 0.443 e. The predicted octanol–water partition coefficient (Wildman–Crippen LogP) is 2.71. The maximum atomic E-state index is 5.60. The summed E-state index contributed by atoms with van der Waals surface area (Å²) in [4.78, 5) is 4.09. The molecule has 1 aromatic carbocycles. The van der Waals surface area contributed by atoms with Crippen molar-refractivity contribution in [2.75, 3.05) is 0 Å². The van der Waals surface area contributed by atoms with Gasteiger partial charge in [0.05, 0.1) is 0 Å². The molecule has 0 atom stereocenters. The minimum absolute atomic E-state index is 0.399. The molecule has 0 saturated heterocycles. The normalized spacial score (nSPS) is 10.6. The fourth-order valence-corrected chi connectivity index (χ4v) is 2.06. The molecule has 15 heavy (non-hydrogen) atoms. The molecule has 0 unspecified atom stereocenters. The second-order valence-corrected chi connectivity index (χ2v) is 4.35. The molecule has 4 heteroatoms. The lowest BCUT2D eigenvalue weighted by Gasteiger charge is -2.05. The van der Waals surface area contributed by atoms with E-state index in [1.165, 1.54) is 15.5 Å². The zero-order chi connectivity index (χ0) is 10.8. The second kappa shape index (κ2) is 4.32. The van der Waals surface area contributed by atoms with E-state index < -0.39 is 0 Å². The van der Waals surface area contributed by atoms with Crippen LogP contribution in [0.2, 0.25) is 0 Å². The van der Waals surface area contributed by atoms with Gasteiger partial charge in [0.1, 0.15) is 5.69 Å². The van der Waals surface area contributed by atoms with Gasteiger partial charge in [-0.15, -0.1) is 0 Å². The molecule has 0 fully saturated rings. The number of hydrogen-bond acceptors (Lipinski definition) is 3. The van der Waals surface area contributed by atoms with E-state index in [0.29, 0.717) is 6.54 Å². The fraction of sp³-hybridized carbons (Fsp3) is 0.182. The van der Waals surface area contributed by atoms with Crippen molar-refractivity contribution < 1.29 is 4.42 Å². The van der Waals surface area contributed by atoms with E-state index in [9.17, 15) is 0 Å². The number of rotatable bonds is 2. The van der Waals surface area contributed by atoms with E-state index in [0.717, 1.165) is 17.0 Å². The van der Waals surface area contributed by atoms with Crippen molar-refractivity contribution >= 4 is 22.6 Å². The molecule has 0 bridgehead atoms. The molecule has 0 spiro atoms. The third kappa shape index (κ3) is 1.91. The summed E-state index contributed by atoms with van der Waals surface area (Å²) in [5.41, 5.74) is 8.69. The summed E-state index contributed by atoms with van der Waals surface area (Å²) in [6, 6.07) is 6.11. The average molecular weight is 314 g/mol. The zero-order valence-corrected chi connectivity index (χ0v) is 10.5. The lowest BCUT2D eigenvalue weighted by atomic mass is 10.1. The van der Waals surface area contributed by atoms with Crippen LogP contribution >= 0.6 is 22.6 Å². The second-order valence-electron chi connectivity index (χ2n) is 3.27. The Morgan fingerprint density at radius 3 is 3.00 bits per heavy atom. The quantitative estimate of drug-likeness (QED) is 0.867. The third-order valence-corrected chi connectivity index (χ3v) is 3.70. The van der Waals surface area contributed by atoms with Crippen LogP contribution in [-0.4, -0.2) is 4.98 Å². The molecule has 2 N–H and O–H groups in total. The monoisotopic (exact) mass is 314 g/mol. The van der Waals surface area contributed by atoms with Crippen LogP contribution in [0, 0.1) is 10.5 Å². The standard InChI is InChI=1S/C11H11IN2O/c1-7-3-2-4-8(10(7)12)11-9(5-13)14-6-15-11/h2-4,6H,5,13H2,1H3. The van der Waals surface area contributed by atoms with Crippen molar-refractivity contribution in [2.24, 2.45) is 5.73 Å². The van der Waals surface area contributed by atoms with Crippen molar-refractivity contribution in [3.8, 4) is 11.3 Å². The van der Waals surface area contributed by atoms with E-state index in [2.05, 4.69) is 40.6 Å². The van der Waals surface area contributed by atoms with Crippen LogP contribution in [-0.2, 0) is 6.54 Å². The lowest BCUT2D eigenvalue weighted by Crippen LogP contribution is -1.99. The van der Waals surface area contributed by atoms with Gasteiger partial charge in [0.15, 0.2) is 12.2 Å². The van der Waals surface area contributed by atoms with Crippen molar-refractivity contribution in [1.82, 2.24) is 4.98 Å². The molecule has 0 aliphatic rings. The van der Waals surface area contributed by atoms with Gasteiger partial charge in [-0.2, -0.15) is 0 Å². The molecule has 1 aromatic heterocycles. The first-order valence-corrected chi connectivity index (χ1v) is 5.70. The van der Waals surface area contributed by atoms with E-state index in [1.54, 1.807) is 0 Å². The number of benzene rings is 1. The van der Waals surface area contributed by atoms with Crippen molar-refractivity contribution in [3.05, 3.63) is 39.4 Å². The Hall–Kier alpha value is -0.880. The van der Waals surface area contributed by atoms with Gasteiger partial charge < -0.3 is 10.2 Å². The minimum Gasteiger partial charge on any atom is -0.443 e. The molecular weight excluding hydrogens is 303 g/mol. The van der Waals surface area contributed by atoms with Crippen molar-refractivity contribution in [2.45, 2.75) is 13.5 Å². The lowest BCUT2D eigenvalue weighted by molar-refractivity contribution is 0.570. The van der Waals surface area contributed by atoms with Gasteiger partial charge in [-0.25, -0.2) is 4.98 Å². The highest BCUT2D eigenvalue weighted by molar-refractivity contribution is 14.1. The van der Waals surface area contributed by atoms with E-state index in [1.807, 2.05) is 12.1 Å². The van der Waals surface area contributed by atoms with Gasteiger partial charge >= 0.3 is 0 Å². The number of aryl methyl sites for hydroxylation is 1. The van der Waals surface area contributed by atoms with Crippen LogP contribution in [0.15, 0.2) is 29.0 Å². The number of aromatic nitrogens is 1. The summed E-state index contributed by atoms with van der Waals surface area (Å²) in [6.07, 6.45) is 1.44. The maximum Gasteiger partial charge on any atom is 0.181 e. The molecule has 0 aliphatic heterocycles. The predicted molar refractivity (Wildman–Crippen MR) is 67.3 cm³/mol. The van der Waals surface area contributed by atoms with Gasteiger partial charge in [-0.3, -0.25) is 0 Å². The molecule has 3 nitrogen and oxygen atoms in total. The summed E-state index contributed by atoms with van der Waals surface area (Å²) in [5, 5.41) is 0. The summed E-state index contributed by atoms with van der Waals surface area (Å²) in [7, 11) is 0. The van der Waals surface area contributed by atoms with Gasteiger partial charge in [0.2, 0.25) is 0 Å². The maximum absolute atomic E-state index is 5.60. The third-order valence-electron chi connectivity index (χ3n) is 2.27. The van der Waals surface area contributed by atoms with Gasteiger partial charge in [-0.05, 0) is 35.1 Å². The number of hydrogen-bond donors (Lipinski definition) is 1. The van der Waals surface area contributed by atoms with Crippen LogP contribution in [0.3, 0.4) is 0 Å².